The number of hydrogen-bond donors (Lipinski definition) is 1. The van der Waals surface area contributed by atoms with Gasteiger partial charge in [-0.2, -0.15) is 16.4 Å². The molecule has 0 aliphatic rings. The van der Waals surface area contributed by atoms with Crippen molar-refractivity contribution in [1.82, 2.24) is 15.1 Å². The fourth-order valence-corrected chi connectivity index (χ4v) is 2.84. The van der Waals surface area contributed by atoms with Gasteiger partial charge < -0.3 is 10.1 Å². The summed E-state index contributed by atoms with van der Waals surface area (Å²) in [5, 5.41) is 11.4. The Morgan fingerprint density at radius 1 is 1.25 bits per heavy atom. The molecule has 0 aliphatic carbocycles. The zero-order valence-corrected chi connectivity index (χ0v) is 14.3. The molecule has 0 fully saturated rings. The van der Waals surface area contributed by atoms with Crippen LogP contribution in [0.2, 0.25) is 0 Å². The Morgan fingerprint density at radius 3 is 2.83 bits per heavy atom. The molecule has 0 bridgehead atoms. The largest absolute Gasteiger partial charge is 0.484 e. The summed E-state index contributed by atoms with van der Waals surface area (Å²) in [5.74, 6) is 0.559. The van der Waals surface area contributed by atoms with Crippen molar-refractivity contribution < 1.29 is 9.53 Å². The molecule has 24 heavy (non-hydrogen) atoms. The number of nitrogens with one attached hydrogen (secondary N) is 1. The third-order valence-corrected chi connectivity index (χ3v) is 4.19. The lowest BCUT2D eigenvalue weighted by molar-refractivity contribution is -0.123. The van der Waals surface area contributed by atoms with Gasteiger partial charge in [0.25, 0.3) is 5.91 Å². The standard InChI is InChI=1S/C18H19N3O2S/c1-14-2-4-16(5-3-14)23-12-18(22)19-8-10-21-9-6-17(20-21)15-7-11-24-13-15/h2-7,9,11,13H,8,10,12H2,1H3,(H,19,22). The summed E-state index contributed by atoms with van der Waals surface area (Å²) < 4.78 is 7.27. The average Bonchev–Trinajstić information content (AvgIpc) is 3.25. The summed E-state index contributed by atoms with van der Waals surface area (Å²) in [6.07, 6.45) is 1.92. The van der Waals surface area contributed by atoms with E-state index in [0.29, 0.717) is 18.8 Å². The highest BCUT2D eigenvalue weighted by Crippen LogP contribution is 2.19. The number of thiophene rings is 1. The first kappa shape index (κ1) is 16.3. The van der Waals surface area contributed by atoms with Crippen molar-refractivity contribution in [2.75, 3.05) is 13.2 Å². The van der Waals surface area contributed by atoms with E-state index in [0.717, 1.165) is 16.8 Å². The lowest BCUT2D eigenvalue weighted by Crippen LogP contribution is -2.31. The molecule has 1 aromatic carbocycles. The van der Waals surface area contributed by atoms with Gasteiger partial charge in [-0.15, -0.1) is 0 Å². The third-order valence-electron chi connectivity index (χ3n) is 3.51. The van der Waals surface area contributed by atoms with Crippen molar-refractivity contribution in [1.29, 1.82) is 0 Å². The number of aromatic nitrogens is 2. The molecule has 1 N–H and O–H groups in total. The second kappa shape index (κ2) is 7.79. The number of hydrogen-bond acceptors (Lipinski definition) is 4. The molecule has 2 aromatic heterocycles. The number of aryl methyl sites for hydroxylation is 1. The Hall–Kier alpha value is -2.60. The van der Waals surface area contributed by atoms with Crippen LogP contribution >= 0.6 is 11.3 Å². The van der Waals surface area contributed by atoms with E-state index in [2.05, 4.69) is 15.8 Å². The summed E-state index contributed by atoms with van der Waals surface area (Å²) in [6, 6.07) is 11.6. The summed E-state index contributed by atoms with van der Waals surface area (Å²) in [6.45, 7) is 3.17. The van der Waals surface area contributed by atoms with Gasteiger partial charge in [-0.1, -0.05) is 17.7 Å². The summed E-state index contributed by atoms with van der Waals surface area (Å²) in [5.41, 5.74) is 3.23. The van der Waals surface area contributed by atoms with E-state index in [1.807, 2.05) is 59.6 Å². The molecule has 0 aliphatic heterocycles. The molecule has 5 nitrogen and oxygen atoms in total. The smallest absolute Gasteiger partial charge is 0.258 e. The molecule has 1 amide bonds. The minimum absolute atomic E-state index is 0.0162. The molecule has 6 heteroatoms. The van der Waals surface area contributed by atoms with Crippen molar-refractivity contribution in [3.8, 4) is 17.0 Å². The molecule has 2 heterocycles. The van der Waals surface area contributed by atoms with Gasteiger partial charge in [0.05, 0.1) is 12.2 Å². The van der Waals surface area contributed by atoms with E-state index < -0.39 is 0 Å². The molecule has 0 atom stereocenters. The number of rotatable bonds is 7. The van der Waals surface area contributed by atoms with Gasteiger partial charge in [0, 0.05) is 23.7 Å². The minimum Gasteiger partial charge on any atom is -0.484 e. The van der Waals surface area contributed by atoms with Crippen LogP contribution in [0.25, 0.3) is 11.3 Å². The van der Waals surface area contributed by atoms with Crippen LogP contribution < -0.4 is 10.1 Å². The SMILES string of the molecule is Cc1ccc(OCC(=O)NCCn2ccc(-c3ccsc3)n2)cc1. The first-order valence-corrected chi connectivity index (χ1v) is 8.67. The topological polar surface area (TPSA) is 56.1 Å². The highest BCUT2D eigenvalue weighted by molar-refractivity contribution is 7.08. The normalized spacial score (nSPS) is 10.5. The van der Waals surface area contributed by atoms with Crippen molar-refractivity contribution in [2.45, 2.75) is 13.5 Å². The highest BCUT2D eigenvalue weighted by Gasteiger charge is 2.05. The zero-order chi connectivity index (χ0) is 16.8. The number of ether oxygens (including phenoxy) is 1. The Bertz CT molecular complexity index is 779. The molecule has 0 saturated carbocycles. The lowest BCUT2D eigenvalue weighted by atomic mass is 10.2. The molecular weight excluding hydrogens is 322 g/mol. The molecule has 0 saturated heterocycles. The van der Waals surface area contributed by atoms with E-state index in [1.165, 1.54) is 0 Å². The van der Waals surface area contributed by atoms with E-state index >= 15 is 0 Å². The molecule has 0 radical (unpaired) electrons. The second-order valence-electron chi connectivity index (χ2n) is 5.43. The third kappa shape index (κ3) is 4.45. The van der Waals surface area contributed by atoms with Gasteiger partial charge in [-0.25, -0.2) is 0 Å². The van der Waals surface area contributed by atoms with Gasteiger partial charge in [0.15, 0.2) is 6.61 Å². The van der Waals surface area contributed by atoms with Crippen molar-refractivity contribution in [3.63, 3.8) is 0 Å². The van der Waals surface area contributed by atoms with Gasteiger partial charge in [-0.05, 0) is 36.6 Å². The predicted molar refractivity (Wildman–Crippen MR) is 95.2 cm³/mol. The number of nitrogens with zero attached hydrogens (tertiary/aromatic N) is 2. The van der Waals surface area contributed by atoms with Gasteiger partial charge >= 0.3 is 0 Å². The van der Waals surface area contributed by atoms with Gasteiger partial charge in [-0.3, -0.25) is 9.48 Å². The predicted octanol–water partition coefficient (Wildman–Crippen LogP) is 3.12. The molecule has 0 unspecified atom stereocenters. The van der Waals surface area contributed by atoms with E-state index in [1.54, 1.807) is 11.3 Å². The molecule has 0 spiro atoms. The van der Waals surface area contributed by atoms with Crippen LogP contribution in [0, 0.1) is 6.92 Å². The maximum atomic E-state index is 11.8. The van der Waals surface area contributed by atoms with Gasteiger partial charge in [0.2, 0.25) is 0 Å². The average molecular weight is 341 g/mol. The van der Waals surface area contributed by atoms with Crippen LogP contribution in [0.1, 0.15) is 5.56 Å². The van der Waals surface area contributed by atoms with E-state index in [-0.39, 0.29) is 12.5 Å². The van der Waals surface area contributed by atoms with Crippen molar-refractivity contribution >= 4 is 17.2 Å². The van der Waals surface area contributed by atoms with E-state index in [9.17, 15) is 4.79 Å². The molecule has 3 aromatic rings. The van der Waals surface area contributed by atoms with Crippen LogP contribution in [0.15, 0.2) is 53.4 Å². The first-order chi connectivity index (χ1) is 11.7. The van der Waals surface area contributed by atoms with Gasteiger partial charge in [0.1, 0.15) is 5.75 Å². The molecular formula is C18H19N3O2S. The first-order valence-electron chi connectivity index (χ1n) is 7.73. The maximum absolute atomic E-state index is 11.8. The fourth-order valence-electron chi connectivity index (χ4n) is 2.19. The second-order valence-corrected chi connectivity index (χ2v) is 6.21. The van der Waals surface area contributed by atoms with Crippen molar-refractivity contribution in [3.05, 3.63) is 58.9 Å². The van der Waals surface area contributed by atoms with Crippen LogP contribution in [0.5, 0.6) is 5.75 Å². The zero-order valence-electron chi connectivity index (χ0n) is 13.4. The minimum atomic E-state index is -0.138. The molecule has 3 rings (SSSR count). The fraction of sp³-hybridized carbons (Fsp3) is 0.222. The summed E-state index contributed by atoms with van der Waals surface area (Å²) in [7, 11) is 0. The Kier molecular flexibility index (Phi) is 5.28. The Balaban J connectivity index is 1.40. The number of benzene rings is 1. The van der Waals surface area contributed by atoms with Crippen molar-refractivity contribution in [2.24, 2.45) is 0 Å². The van der Waals surface area contributed by atoms with Crippen LogP contribution in [0.3, 0.4) is 0 Å². The van der Waals surface area contributed by atoms with Crippen LogP contribution in [-0.2, 0) is 11.3 Å². The number of amides is 1. The highest BCUT2D eigenvalue weighted by atomic mass is 32.1. The molecule has 124 valence electrons. The Morgan fingerprint density at radius 2 is 2.08 bits per heavy atom. The Labute approximate surface area is 144 Å². The number of carbonyl (C=O) groups excluding carboxylic acids is 1. The van der Waals surface area contributed by atoms with E-state index in [4.69, 9.17) is 4.74 Å². The number of carbonyl (C=O) groups is 1. The van der Waals surface area contributed by atoms with Crippen LogP contribution in [0.4, 0.5) is 0 Å². The monoisotopic (exact) mass is 341 g/mol. The van der Waals surface area contributed by atoms with Crippen LogP contribution in [-0.4, -0.2) is 28.8 Å². The quantitative estimate of drug-likeness (QED) is 0.718. The maximum Gasteiger partial charge on any atom is 0.258 e. The lowest BCUT2D eigenvalue weighted by Gasteiger charge is -2.08. The summed E-state index contributed by atoms with van der Waals surface area (Å²) in [4.78, 5) is 11.8. The summed E-state index contributed by atoms with van der Waals surface area (Å²) >= 11 is 1.65.